The van der Waals surface area contributed by atoms with E-state index in [9.17, 15) is 4.79 Å². The molecule has 0 radical (unpaired) electrons. The molecule has 0 unspecified atom stereocenters. The molecule has 1 aromatic carbocycles. The fourth-order valence-corrected chi connectivity index (χ4v) is 1.65. The molecule has 90 valence electrons. The highest BCUT2D eigenvalue weighted by Crippen LogP contribution is 2.20. The van der Waals surface area contributed by atoms with Gasteiger partial charge in [-0.15, -0.1) is 0 Å². The zero-order chi connectivity index (χ0) is 12.3. The largest absolute Gasteiger partial charge is 0.494 e. The van der Waals surface area contributed by atoms with Crippen LogP contribution < -0.4 is 5.32 Å². The van der Waals surface area contributed by atoms with Crippen LogP contribution in [-0.4, -0.2) is 19.1 Å². The van der Waals surface area contributed by atoms with E-state index in [1.807, 2.05) is 25.1 Å². The van der Waals surface area contributed by atoms with Crippen LogP contribution in [-0.2, 0) is 14.3 Å². The van der Waals surface area contributed by atoms with Gasteiger partial charge in [-0.25, -0.2) is 0 Å². The highest BCUT2D eigenvalue weighted by atomic mass is 79.9. The Morgan fingerprint density at radius 1 is 1.41 bits per heavy atom. The standard InChI is InChI=1S/C12H12BrNO3/c1-8-6-9(2-3-10(8)13)14-12(15)11-7-16-4-5-17-11/h2-3,6-7H,4-5H2,1H3,(H,14,15). The molecule has 2 rings (SSSR count). The molecule has 0 spiro atoms. The molecule has 0 fully saturated rings. The number of ether oxygens (including phenoxy) is 2. The van der Waals surface area contributed by atoms with Gasteiger partial charge < -0.3 is 14.8 Å². The second-order valence-electron chi connectivity index (χ2n) is 3.62. The first-order valence-electron chi connectivity index (χ1n) is 5.19. The number of amides is 1. The van der Waals surface area contributed by atoms with Crippen LogP contribution in [0, 0.1) is 6.92 Å². The lowest BCUT2D eigenvalue weighted by molar-refractivity contribution is -0.117. The number of rotatable bonds is 2. The summed E-state index contributed by atoms with van der Waals surface area (Å²) in [6, 6.07) is 5.59. The first-order valence-corrected chi connectivity index (χ1v) is 5.98. The summed E-state index contributed by atoms with van der Waals surface area (Å²) >= 11 is 3.40. The molecule has 0 aliphatic carbocycles. The van der Waals surface area contributed by atoms with Crippen molar-refractivity contribution in [1.82, 2.24) is 0 Å². The Morgan fingerprint density at radius 3 is 2.88 bits per heavy atom. The van der Waals surface area contributed by atoms with Crippen LogP contribution in [0.1, 0.15) is 5.56 Å². The van der Waals surface area contributed by atoms with Gasteiger partial charge in [0.25, 0.3) is 5.91 Å². The van der Waals surface area contributed by atoms with Crippen molar-refractivity contribution in [2.75, 3.05) is 18.5 Å². The van der Waals surface area contributed by atoms with Crippen LogP contribution in [0.25, 0.3) is 0 Å². The predicted octanol–water partition coefficient (Wildman–Crippen LogP) is 2.58. The quantitative estimate of drug-likeness (QED) is 0.913. The van der Waals surface area contributed by atoms with Gasteiger partial charge in [0.1, 0.15) is 19.5 Å². The molecule has 5 heteroatoms. The van der Waals surface area contributed by atoms with E-state index in [0.29, 0.717) is 13.2 Å². The Kier molecular flexibility index (Phi) is 3.68. The number of halogens is 1. The van der Waals surface area contributed by atoms with Crippen molar-refractivity contribution in [3.63, 3.8) is 0 Å². The zero-order valence-electron chi connectivity index (χ0n) is 9.33. The van der Waals surface area contributed by atoms with E-state index in [-0.39, 0.29) is 11.7 Å². The summed E-state index contributed by atoms with van der Waals surface area (Å²) in [6.45, 7) is 2.84. The van der Waals surface area contributed by atoms with Crippen molar-refractivity contribution < 1.29 is 14.3 Å². The van der Waals surface area contributed by atoms with Crippen molar-refractivity contribution in [2.24, 2.45) is 0 Å². The molecule has 1 heterocycles. The van der Waals surface area contributed by atoms with E-state index in [2.05, 4.69) is 21.2 Å². The van der Waals surface area contributed by atoms with Gasteiger partial charge in [-0.05, 0) is 30.7 Å². The summed E-state index contributed by atoms with van der Waals surface area (Å²) in [5, 5.41) is 2.75. The molecule has 1 aromatic rings. The molecular weight excluding hydrogens is 286 g/mol. The molecule has 0 saturated heterocycles. The summed E-state index contributed by atoms with van der Waals surface area (Å²) in [7, 11) is 0. The van der Waals surface area contributed by atoms with Crippen LogP contribution >= 0.6 is 15.9 Å². The second-order valence-corrected chi connectivity index (χ2v) is 4.47. The second kappa shape index (κ2) is 5.23. The zero-order valence-corrected chi connectivity index (χ0v) is 10.9. The number of aryl methyl sites for hydroxylation is 1. The van der Waals surface area contributed by atoms with Crippen molar-refractivity contribution >= 4 is 27.5 Å². The van der Waals surface area contributed by atoms with E-state index in [1.54, 1.807) is 0 Å². The van der Waals surface area contributed by atoms with E-state index in [4.69, 9.17) is 9.47 Å². The molecule has 1 aliphatic heterocycles. The predicted molar refractivity (Wildman–Crippen MR) is 67.5 cm³/mol. The molecule has 0 bridgehead atoms. The number of nitrogens with one attached hydrogen (secondary N) is 1. The Hall–Kier alpha value is -1.49. The maximum absolute atomic E-state index is 11.8. The average Bonchev–Trinajstić information content (AvgIpc) is 2.35. The minimum Gasteiger partial charge on any atom is -0.494 e. The van der Waals surface area contributed by atoms with Gasteiger partial charge in [0.2, 0.25) is 5.76 Å². The lowest BCUT2D eigenvalue weighted by atomic mass is 10.2. The number of benzene rings is 1. The average molecular weight is 298 g/mol. The minimum atomic E-state index is -0.300. The summed E-state index contributed by atoms with van der Waals surface area (Å²) in [6.07, 6.45) is 1.34. The lowest BCUT2D eigenvalue weighted by Crippen LogP contribution is -2.21. The topological polar surface area (TPSA) is 47.6 Å². The summed E-state index contributed by atoms with van der Waals surface area (Å²) < 4.78 is 11.2. The van der Waals surface area contributed by atoms with Crippen LogP contribution in [0.15, 0.2) is 34.7 Å². The van der Waals surface area contributed by atoms with E-state index in [0.717, 1.165) is 15.7 Å². The fraction of sp³-hybridized carbons (Fsp3) is 0.250. The monoisotopic (exact) mass is 297 g/mol. The summed E-state index contributed by atoms with van der Waals surface area (Å²) in [5.41, 5.74) is 1.78. The maximum atomic E-state index is 11.8. The summed E-state index contributed by atoms with van der Waals surface area (Å²) in [4.78, 5) is 11.8. The Balaban J connectivity index is 2.07. The Bertz CT molecular complexity index is 471. The van der Waals surface area contributed by atoms with E-state index >= 15 is 0 Å². The molecule has 4 nitrogen and oxygen atoms in total. The van der Waals surface area contributed by atoms with Crippen LogP contribution in [0.2, 0.25) is 0 Å². The molecule has 0 saturated carbocycles. The Labute approximate surface area is 108 Å². The molecule has 17 heavy (non-hydrogen) atoms. The fourth-order valence-electron chi connectivity index (χ4n) is 1.40. The van der Waals surface area contributed by atoms with Gasteiger partial charge in [0.15, 0.2) is 0 Å². The molecule has 0 aromatic heterocycles. The highest BCUT2D eigenvalue weighted by molar-refractivity contribution is 9.10. The number of hydrogen-bond donors (Lipinski definition) is 1. The SMILES string of the molecule is Cc1cc(NC(=O)C2=COCCO2)ccc1Br. The van der Waals surface area contributed by atoms with Crippen molar-refractivity contribution in [3.8, 4) is 0 Å². The smallest absolute Gasteiger partial charge is 0.294 e. The first-order chi connectivity index (χ1) is 8.16. The lowest BCUT2D eigenvalue weighted by Gasteiger charge is -2.15. The molecular formula is C12H12BrNO3. The number of hydrogen-bond acceptors (Lipinski definition) is 3. The van der Waals surface area contributed by atoms with E-state index in [1.165, 1.54) is 6.26 Å². The van der Waals surface area contributed by atoms with Gasteiger partial charge in [-0.1, -0.05) is 15.9 Å². The van der Waals surface area contributed by atoms with Gasteiger partial charge >= 0.3 is 0 Å². The van der Waals surface area contributed by atoms with Gasteiger partial charge in [0, 0.05) is 10.2 Å². The van der Waals surface area contributed by atoms with Crippen molar-refractivity contribution in [2.45, 2.75) is 6.92 Å². The van der Waals surface area contributed by atoms with Gasteiger partial charge in [-0.3, -0.25) is 4.79 Å². The third kappa shape index (κ3) is 3.00. The molecule has 0 atom stereocenters. The maximum Gasteiger partial charge on any atom is 0.294 e. The Morgan fingerprint density at radius 2 is 2.24 bits per heavy atom. The molecule has 1 amide bonds. The third-order valence-electron chi connectivity index (χ3n) is 2.29. The van der Waals surface area contributed by atoms with Crippen LogP contribution in [0.5, 0.6) is 0 Å². The number of carbonyl (C=O) groups is 1. The molecule has 1 N–H and O–H groups in total. The van der Waals surface area contributed by atoms with E-state index < -0.39 is 0 Å². The summed E-state index contributed by atoms with van der Waals surface area (Å²) in [5.74, 6) is -0.0942. The number of carbonyl (C=O) groups excluding carboxylic acids is 1. The number of anilines is 1. The van der Waals surface area contributed by atoms with Crippen molar-refractivity contribution in [1.29, 1.82) is 0 Å². The van der Waals surface area contributed by atoms with Crippen LogP contribution in [0.4, 0.5) is 5.69 Å². The normalized spacial score (nSPS) is 14.4. The first kappa shape index (κ1) is 12.0. The van der Waals surface area contributed by atoms with Crippen LogP contribution in [0.3, 0.4) is 0 Å². The minimum absolute atomic E-state index is 0.205. The highest BCUT2D eigenvalue weighted by Gasteiger charge is 2.15. The van der Waals surface area contributed by atoms with Gasteiger partial charge in [0.05, 0.1) is 0 Å². The third-order valence-corrected chi connectivity index (χ3v) is 3.18. The van der Waals surface area contributed by atoms with Crippen molar-refractivity contribution in [3.05, 3.63) is 40.3 Å². The van der Waals surface area contributed by atoms with Gasteiger partial charge in [-0.2, -0.15) is 0 Å². The molecule has 1 aliphatic rings.